The Balaban J connectivity index is 2.65. The molecule has 2 atom stereocenters. The van der Waals surface area contributed by atoms with Crippen LogP contribution in [-0.2, 0) is 4.79 Å². The lowest BCUT2D eigenvalue weighted by molar-refractivity contribution is -0.129. The highest BCUT2D eigenvalue weighted by molar-refractivity contribution is 5.76. The molecule has 2 N–H and O–H groups in total. The molecule has 1 aliphatic rings. The van der Waals surface area contributed by atoms with Crippen LogP contribution in [0.1, 0.15) is 20.3 Å². The molecule has 0 aliphatic carbocycles. The molecule has 0 aromatic carbocycles. The first-order valence-corrected chi connectivity index (χ1v) is 5.26. The molecule has 14 heavy (non-hydrogen) atoms. The number of nitrogens with zero attached hydrogens (tertiary/aromatic N) is 2. The van der Waals surface area contributed by atoms with E-state index in [-0.39, 0.29) is 5.91 Å². The number of likely N-dealkylation sites (N-methyl/N-ethyl adjacent to an activating group) is 1. The lowest BCUT2D eigenvalue weighted by Crippen LogP contribution is -2.46. The quantitative estimate of drug-likeness (QED) is 0.675. The van der Waals surface area contributed by atoms with Crippen molar-refractivity contribution in [3.63, 3.8) is 0 Å². The minimum Gasteiger partial charge on any atom is -0.344 e. The molecule has 82 valence electrons. The molecule has 1 heterocycles. The van der Waals surface area contributed by atoms with Crippen molar-refractivity contribution in [1.82, 2.24) is 9.80 Å². The molecule has 1 fully saturated rings. The summed E-state index contributed by atoms with van der Waals surface area (Å²) in [6, 6.07) is 0.772. The molecule has 1 amide bonds. The first-order chi connectivity index (χ1) is 6.56. The molecule has 4 nitrogen and oxygen atoms in total. The van der Waals surface area contributed by atoms with E-state index in [0.717, 1.165) is 13.1 Å². The second-order valence-corrected chi connectivity index (χ2v) is 4.20. The predicted octanol–water partition coefficient (Wildman–Crippen LogP) is -0.114. The first kappa shape index (κ1) is 11.5. The van der Waals surface area contributed by atoms with E-state index in [0.29, 0.717) is 25.0 Å². The average molecular weight is 199 g/mol. The van der Waals surface area contributed by atoms with Crippen LogP contribution in [0, 0.1) is 0 Å². The molecule has 0 radical (unpaired) electrons. The van der Waals surface area contributed by atoms with Crippen molar-refractivity contribution in [2.75, 3.05) is 26.7 Å². The van der Waals surface area contributed by atoms with Crippen molar-refractivity contribution < 1.29 is 4.79 Å². The molecule has 2 unspecified atom stereocenters. The van der Waals surface area contributed by atoms with Gasteiger partial charge in [-0.25, -0.2) is 0 Å². The Morgan fingerprint density at radius 1 is 1.64 bits per heavy atom. The zero-order valence-corrected chi connectivity index (χ0v) is 9.36. The number of hydrogen-bond acceptors (Lipinski definition) is 3. The molecular formula is C10H21N3O. The Kier molecular flexibility index (Phi) is 3.89. The summed E-state index contributed by atoms with van der Waals surface area (Å²) >= 11 is 0. The second kappa shape index (κ2) is 4.75. The smallest absolute Gasteiger partial charge is 0.223 e. The molecule has 0 spiro atoms. The van der Waals surface area contributed by atoms with Gasteiger partial charge >= 0.3 is 0 Å². The van der Waals surface area contributed by atoms with Gasteiger partial charge in [0.2, 0.25) is 5.91 Å². The summed E-state index contributed by atoms with van der Waals surface area (Å²) in [6.07, 6.45) is 0.616. The first-order valence-electron chi connectivity index (χ1n) is 5.26. The van der Waals surface area contributed by atoms with Crippen LogP contribution in [-0.4, -0.2) is 54.5 Å². The summed E-state index contributed by atoms with van der Waals surface area (Å²) in [5.41, 5.74) is 5.65. The molecule has 0 aromatic heterocycles. The second-order valence-electron chi connectivity index (χ2n) is 4.20. The Bertz CT molecular complexity index is 208. The van der Waals surface area contributed by atoms with Crippen molar-refractivity contribution in [1.29, 1.82) is 0 Å². The van der Waals surface area contributed by atoms with Crippen LogP contribution in [0.5, 0.6) is 0 Å². The molecule has 0 aromatic rings. The van der Waals surface area contributed by atoms with Crippen LogP contribution >= 0.6 is 0 Å². The molecule has 1 aliphatic heterocycles. The number of rotatable bonds is 2. The summed E-state index contributed by atoms with van der Waals surface area (Å²) in [4.78, 5) is 15.6. The van der Waals surface area contributed by atoms with Gasteiger partial charge < -0.3 is 10.6 Å². The van der Waals surface area contributed by atoms with Crippen LogP contribution in [0.2, 0.25) is 0 Å². The number of nitrogens with two attached hydrogens (primary N) is 1. The van der Waals surface area contributed by atoms with Crippen molar-refractivity contribution in [3.05, 3.63) is 0 Å². The van der Waals surface area contributed by atoms with Crippen LogP contribution in [0.4, 0.5) is 0 Å². The van der Waals surface area contributed by atoms with Gasteiger partial charge in [0.25, 0.3) is 0 Å². The van der Waals surface area contributed by atoms with E-state index >= 15 is 0 Å². The van der Waals surface area contributed by atoms with Gasteiger partial charge in [0.15, 0.2) is 0 Å². The SMILES string of the molecule is CC(CN)N1CCC(=O)N(C)CC1C. The van der Waals surface area contributed by atoms with Gasteiger partial charge in [-0.15, -0.1) is 0 Å². The topological polar surface area (TPSA) is 49.6 Å². The van der Waals surface area contributed by atoms with Crippen LogP contribution in [0.25, 0.3) is 0 Å². The molecule has 4 heteroatoms. The molecule has 1 rings (SSSR count). The van der Waals surface area contributed by atoms with Crippen LogP contribution in [0.15, 0.2) is 0 Å². The third-order valence-electron chi connectivity index (χ3n) is 3.02. The number of amides is 1. The lowest BCUT2D eigenvalue weighted by Gasteiger charge is -2.32. The summed E-state index contributed by atoms with van der Waals surface area (Å²) in [5, 5.41) is 0. The van der Waals surface area contributed by atoms with Gasteiger partial charge in [-0.05, 0) is 13.8 Å². The third-order valence-corrected chi connectivity index (χ3v) is 3.02. The van der Waals surface area contributed by atoms with Gasteiger partial charge in [-0.2, -0.15) is 0 Å². The maximum atomic E-state index is 11.5. The van der Waals surface area contributed by atoms with E-state index in [1.54, 1.807) is 0 Å². The van der Waals surface area contributed by atoms with Gasteiger partial charge in [-0.3, -0.25) is 9.69 Å². The average Bonchev–Trinajstić information content (AvgIpc) is 2.27. The van der Waals surface area contributed by atoms with Gasteiger partial charge in [-0.1, -0.05) is 0 Å². The number of carbonyl (C=O) groups is 1. The Labute approximate surface area is 86.0 Å². The number of hydrogen-bond donors (Lipinski definition) is 1. The lowest BCUT2D eigenvalue weighted by atomic mass is 10.2. The van der Waals surface area contributed by atoms with E-state index in [9.17, 15) is 4.79 Å². The third kappa shape index (κ3) is 2.45. The maximum Gasteiger partial charge on any atom is 0.223 e. The highest BCUT2D eigenvalue weighted by atomic mass is 16.2. The summed E-state index contributed by atoms with van der Waals surface area (Å²) in [5.74, 6) is 0.239. The fourth-order valence-corrected chi connectivity index (χ4v) is 2.03. The summed E-state index contributed by atoms with van der Waals surface area (Å²) in [6.45, 7) is 6.57. The zero-order valence-electron chi connectivity index (χ0n) is 9.36. The standard InChI is InChI=1S/C10H21N3O/c1-8(6-11)13-5-4-10(14)12(3)7-9(13)2/h8-9H,4-7,11H2,1-3H3. The van der Waals surface area contributed by atoms with Crippen LogP contribution in [0.3, 0.4) is 0 Å². The predicted molar refractivity (Wildman–Crippen MR) is 56.9 cm³/mol. The van der Waals surface area contributed by atoms with Crippen molar-refractivity contribution in [3.8, 4) is 0 Å². The summed E-state index contributed by atoms with van der Waals surface area (Å²) < 4.78 is 0. The highest BCUT2D eigenvalue weighted by Gasteiger charge is 2.26. The van der Waals surface area contributed by atoms with Gasteiger partial charge in [0, 0.05) is 45.2 Å². The van der Waals surface area contributed by atoms with Gasteiger partial charge in [0.1, 0.15) is 0 Å². The Morgan fingerprint density at radius 3 is 2.86 bits per heavy atom. The fraction of sp³-hybridized carbons (Fsp3) is 0.900. The van der Waals surface area contributed by atoms with Crippen molar-refractivity contribution in [2.24, 2.45) is 5.73 Å². The highest BCUT2D eigenvalue weighted by Crippen LogP contribution is 2.12. The minimum atomic E-state index is 0.239. The fourth-order valence-electron chi connectivity index (χ4n) is 2.03. The van der Waals surface area contributed by atoms with E-state index in [4.69, 9.17) is 5.73 Å². The zero-order chi connectivity index (χ0) is 10.7. The Morgan fingerprint density at radius 2 is 2.29 bits per heavy atom. The van der Waals surface area contributed by atoms with Crippen LogP contribution < -0.4 is 5.73 Å². The Hall–Kier alpha value is -0.610. The molecule has 0 saturated carbocycles. The van der Waals surface area contributed by atoms with Gasteiger partial charge in [0.05, 0.1) is 0 Å². The summed E-state index contributed by atoms with van der Waals surface area (Å²) in [7, 11) is 1.87. The van der Waals surface area contributed by atoms with Crippen molar-refractivity contribution in [2.45, 2.75) is 32.4 Å². The van der Waals surface area contributed by atoms with E-state index in [1.807, 2.05) is 11.9 Å². The van der Waals surface area contributed by atoms with Crippen molar-refractivity contribution >= 4 is 5.91 Å². The van der Waals surface area contributed by atoms with E-state index in [2.05, 4.69) is 18.7 Å². The van der Waals surface area contributed by atoms with E-state index in [1.165, 1.54) is 0 Å². The van der Waals surface area contributed by atoms with E-state index < -0.39 is 0 Å². The molecular weight excluding hydrogens is 178 g/mol. The maximum absolute atomic E-state index is 11.5. The monoisotopic (exact) mass is 199 g/mol. The number of carbonyl (C=O) groups excluding carboxylic acids is 1. The largest absolute Gasteiger partial charge is 0.344 e. The molecule has 0 bridgehead atoms. The molecule has 1 saturated heterocycles. The minimum absolute atomic E-state index is 0.239. The normalized spacial score (nSPS) is 27.6.